The third-order valence-electron chi connectivity index (χ3n) is 1.82. The van der Waals surface area contributed by atoms with Gasteiger partial charge in [-0.3, -0.25) is 4.89 Å². The van der Waals surface area contributed by atoms with Gasteiger partial charge in [-0.2, -0.15) is 4.89 Å². The minimum absolute atomic E-state index is 0.0542. The van der Waals surface area contributed by atoms with Gasteiger partial charge in [-0.15, -0.1) is 6.58 Å². The van der Waals surface area contributed by atoms with Crippen molar-refractivity contribution in [3.05, 3.63) is 12.7 Å². The monoisotopic (exact) mass is 215 g/mol. The summed E-state index contributed by atoms with van der Waals surface area (Å²) in [6.45, 7) is 11.0. The minimum Gasteiger partial charge on any atom is -0.306 e. The first-order valence-electron chi connectivity index (χ1n) is 5.01. The van der Waals surface area contributed by atoms with Gasteiger partial charge in [0, 0.05) is 13.1 Å². The van der Waals surface area contributed by atoms with Crippen LogP contribution in [-0.4, -0.2) is 29.7 Å². The standard InChI is InChI=1S/C11H21NO3/c1-7-8-9(2)12(6)10(13)14-15-11(3,4)5/h7,9H,1,8H2,2-6H3. The van der Waals surface area contributed by atoms with Crippen molar-refractivity contribution in [2.75, 3.05) is 7.05 Å². The van der Waals surface area contributed by atoms with Crippen molar-refractivity contribution in [1.82, 2.24) is 4.90 Å². The van der Waals surface area contributed by atoms with Crippen molar-refractivity contribution in [3.63, 3.8) is 0 Å². The molecule has 0 saturated carbocycles. The molecular formula is C11H21NO3. The molecule has 0 aromatic rings. The maximum Gasteiger partial charge on any atom is 0.441 e. The molecule has 88 valence electrons. The number of carbonyl (C=O) groups is 1. The van der Waals surface area contributed by atoms with Gasteiger partial charge in [0.15, 0.2) is 0 Å². The molecule has 0 aromatic carbocycles. The molecule has 0 spiro atoms. The van der Waals surface area contributed by atoms with E-state index in [1.165, 1.54) is 4.90 Å². The van der Waals surface area contributed by atoms with E-state index in [4.69, 9.17) is 4.89 Å². The number of nitrogens with zero attached hydrogens (tertiary/aromatic N) is 1. The van der Waals surface area contributed by atoms with E-state index in [1.54, 1.807) is 13.1 Å². The van der Waals surface area contributed by atoms with E-state index in [-0.39, 0.29) is 6.04 Å². The number of hydrogen-bond acceptors (Lipinski definition) is 3. The van der Waals surface area contributed by atoms with Crippen LogP contribution >= 0.6 is 0 Å². The first kappa shape index (κ1) is 14.0. The molecule has 0 saturated heterocycles. The van der Waals surface area contributed by atoms with E-state index in [2.05, 4.69) is 11.5 Å². The second-order valence-electron chi connectivity index (χ2n) is 4.53. The quantitative estimate of drug-likeness (QED) is 0.411. The Labute approximate surface area is 91.8 Å². The van der Waals surface area contributed by atoms with Crippen LogP contribution in [0.5, 0.6) is 0 Å². The number of hydrogen-bond donors (Lipinski definition) is 0. The number of amides is 1. The molecule has 0 aliphatic heterocycles. The fourth-order valence-electron chi connectivity index (χ4n) is 0.799. The maximum atomic E-state index is 11.5. The molecule has 1 amide bonds. The molecule has 0 fully saturated rings. The normalized spacial score (nSPS) is 13.1. The Morgan fingerprint density at radius 1 is 1.53 bits per heavy atom. The van der Waals surface area contributed by atoms with E-state index in [1.807, 2.05) is 27.7 Å². The number of carbonyl (C=O) groups excluding carboxylic acids is 1. The van der Waals surface area contributed by atoms with E-state index in [0.29, 0.717) is 0 Å². The predicted octanol–water partition coefficient (Wildman–Crippen LogP) is 2.75. The van der Waals surface area contributed by atoms with E-state index >= 15 is 0 Å². The Balaban J connectivity index is 4.04. The van der Waals surface area contributed by atoms with Gasteiger partial charge < -0.3 is 4.90 Å². The molecule has 15 heavy (non-hydrogen) atoms. The van der Waals surface area contributed by atoms with Gasteiger partial charge in [-0.05, 0) is 34.1 Å². The van der Waals surface area contributed by atoms with Crippen LogP contribution in [0.4, 0.5) is 4.79 Å². The SMILES string of the molecule is C=CCC(C)N(C)C(=O)OOC(C)(C)C. The van der Waals surface area contributed by atoms with Gasteiger partial charge in [-0.25, -0.2) is 4.79 Å². The highest BCUT2D eigenvalue weighted by molar-refractivity contribution is 5.66. The van der Waals surface area contributed by atoms with Gasteiger partial charge in [0.1, 0.15) is 5.60 Å². The Kier molecular flexibility index (Phi) is 5.36. The zero-order valence-electron chi connectivity index (χ0n) is 10.2. The second kappa shape index (κ2) is 5.75. The lowest BCUT2D eigenvalue weighted by molar-refractivity contribution is -0.305. The first-order valence-corrected chi connectivity index (χ1v) is 5.01. The summed E-state index contributed by atoms with van der Waals surface area (Å²) in [6.07, 6.45) is 2.00. The van der Waals surface area contributed by atoms with Crippen molar-refractivity contribution >= 4 is 6.09 Å². The van der Waals surface area contributed by atoms with Crippen molar-refractivity contribution in [2.45, 2.75) is 45.8 Å². The van der Waals surface area contributed by atoms with E-state index in [0.717, 1.165) is 6.42 Å². The van der Waals surface area contributed by atoms with Crippen LogP contribution in [0, 0.1) is 0 Å². The molecular weight excluding hydrogens is 194 g/mol. The summed E-state index contributed by atoms with van der Waals surface area (Å²) in [5, 5.41) is 0. The molecule has 4 nitrogen and oxygen atoms in total. The van der Waals surface area contributed by atoms with Gasteiger partial charge >= 0.3 is 6.09 Å². The Morgan fingerprint density at radius 3 is 2.47 bits per heavy atom. The molecule has 0 aromatic heterocycles. The lowest BCUT2D eigenvalue weighted by Crippen LogP contribution is -2.36. The van der Waals surface area contributed by atoms with Crippen LogP contribution in [0.1, 0.15) is 34.1 Å². The van der Waals surface area contributed by atoms with E-state index < -0.39 is 11.7 Å². The predicted molar refractivity (Wildman–Crippen MR) is 59.4 cm³/mol. The highest BCUT2D eigenvalue weighted by Gasteiger charge is 2.20. The van der Waals surface area contributed by atoms with E-state index in [9.17, 15) is 4.79 Å². The molecule has 4 heteroatoms. The van der Waals surface area contributed by atoms with Gasteiger partial charge in [0.25, 0.3) is 0 Å². The molecule has 1 atom stereocenters. The molecule has 0 radical (unpaired) electrons. The molecule has 0 heterocycles. The summed E-state index contributed by atoms with van der Waals surface area (Å²) in [6, 6.07) is 0.0542. The third kappa shape index (κ3) is 6.12. The second-order valence-corrected chi connectivity index (χ2v) is 4.53. The molecule has 0 aliphatic rings. The largest absolute Gasteiger partial charge is 0.441 e. The highest BCUT2D eigenvalue weighted by Crippen LogP contribution is 2.10. The average molecular weight is 215 g/mol. The van der Waals surface area contributed by atoms with Crippen LogP contribution in [0.2, 0.25) is 0 Å². The summed E-state index contributed by atoms with van der Waals surface area (Å²) in [5.41, 5.74) is -0.488. The third-order valence-corrected chi connectivity index (χ3v) is 1.82. The fourth-order valence-corrected chi connectivity index (χ4v) is 0.799. The minimum atomic E-state index is -0.488. The highest BCUT2D eigenvalue weighted by atomic mass is 17.2. The molecule has 0 aliphatic carbocycles. The number of rotatable bonds is 4. The van der Waals surface area contributed by atoms with Crippen LogP contribution in [0.3, 0.4) is 0 Å². The molecule has 0 rings (SSSR count). The smallest absolute Gasteiger partial charge is 0.306 e. The van der Waals surface area contributed by atoms with Crippen molar-refractivity contribution in [3.8, 4) is 0 Å². The van der Waals surface area contributed by atoms with Crippen LogP contribution < -0.4 is 0 Å². The molecule has 0 bridgehead atoms. The van der Waals surface area contributed by atoms with Gasteiger partial charge in [0.05, 0.1) is 0 Å². The van der Waals surface area contributed by atoms with Gasteiger partial charge in [-0.1, -0.05) is 6.08 Å². The summed E-state index contributed by atoms with van der Waals surface area (Å²) >= 11 is 0. The van der Waals surface area contributed by atoms with Crippen molar-refractivity contribution in [1.29, 1.82) is 0 Å². The lowest BCUT2D eigenvalue weighted by Gasteiger charge is -2.24. The Morgan fingerprint density at radius 2 is 2.07 bits per heavy atom. The van der Waals surface area contributed by atoms with Crippen LogP contribution in [0.15, 0.2) is 12.7 Å². The molecule has 1 unspecified atom stereocenters. The van der Waals surface area contributed by atoms with Crippen LogP contribution in [-0.2, 0) is 9.78 Å². The summed E-state index contributed by atoms with van der Waals surface area (Å²) in [5.74, 6) is 0. The Hall–Kier alpha value is -1.03. The first-order chi connectivity index (χ1) is 6.78. The Bertz CT molecular complexity index is 220. The summed E-state index contributed by atoms with van der Waals surface area (Å²) < 4.78 is 0. The lowest BCUT2D eigenvalue weighted by atomic mass is 10.2. The van der Waals surface area contributed by atoms with Crippen molar-refractivity contribution < 1.29 is 14.6 Å². The zero-order chi connectivity index (χ0) is 12.1. The topological polar surface area (TPSA) is 38.8 Å². The van der Waals surface area contributed by atoms with Crippen molar-refractivity contribution in [2.24, 2.45) is 0 Å². The van der Waals surface area contributed by atoms with Gasteiger partial charge in [0.2, 0.25) is 0 Å². The maximum absolute atomic E-state index is 11.5. The summed E-state index contributed by atoms with van der Waals surface area (Å²) in [7, 11) is 1.67. The fraction of sp³-hybridized carbons (Fsp3) is 0.727. The van der Waals surface area contributed by atoms with Crippen LogP contribution in [0.25, 0.3) is 0 Å². The molecule has 0 N–H and O–H groups in total. The summed E-state index contributed by atoms with van der Waals surface area (Å²) in [4.78, 5) is 22.5. The average Bonchev–Trinajstić information content (AvgIpc) is 2.12. The zero-order valence-corrected chi connectivity index (χ0v) is 10.2.